The zero-order chi connectivity index (χ0) is 14.0. The molecule has 18 heavy (non-hydrogen) atoms. The molecule has 5 nitrogen and oxygen atoms in total. The van der Waals surface area contributed by atoms with Crippen LogP contribution in [-0.4, -0.2) is 30.9 Å². The Morgan fingerprint density at radius 3 is 1.94 bits per heavy atom. The lowest BCUT2D eigenvalue weighted by atomic mass is 10.0. The molecule has 0 amide bonds. The van der Waals surface area contributed by atoms with E-state index in [-0.39, 0.29) is 25.4 Å². The zero-order valence-electron chi connectivity index (χ0n) is 11.1. The van der Waals surface area contributed by atoms with Gasteiger partial charge >= 0.3 is 11.9 Å². The van der Waals surface area contributed by atoms with Crippen molar-refractivity contribution >= 4 is 17.7 Å². The third-order valence-corrected chi connectivity index (χ3v) is 2.12. The van der Waals surface area contributed by atoms with Crippen molar-refractivity contribution in [2.75, 3.05) is 13.2 Å². The summed E-state index contributed by atoms with van der Waals surface area (Å²) in [5, 5.41) is 0. The van der Waals surface area contributed by atoms with E-state index in [9.17, 15) is 14.4 Å². The second kappa shape index (κ2) is 9.39. The van der Waals surface area contributed by atoms with Gasteiger partial charge in [0.1, 0.15) is 0 Å². The fourth-order valence-corrected chi connectivity index (χ4v) is 1.33. The summed E-state index contributed by atoms with van der Waals surface area (Å²) in [7, 11) is 0. The maximum atomic E-state index is 11.6. The van der Waals surface area contributed by atoms with Crippen LogP contribution in [0.5, 0.6) is 0 Å². The molecule has 102 valence electrons. The summed E-state index contributed by atoms with van der Waals surface area (Å²) in [4.78, 5) is 33.8. The Balaban J connectivity index is 4.42. The average molecular weight is 256 g/mol. The van der Waals surface area contributed by atoms with Gasteiger partial charge in [-0.15, -0.1) is 0 Å². The maximum Gasteiger partial charge on any atom is 0.320 e. The fourth-order valence-electron chi connectivity index (χ4n) is 1.33. The first kappa shape index (κ1) is 16.4. The highest BCUT2D eigenvalue weighted by Gasteiger charge is 2.28. The molecule has 0 aromatic rings. The van der Waals surface area contributed by atoms with Crippen LogP contribution in [-0.2, 0) is 23.9 Å². The van der Waals surface area contributed by atoms with Crippen LogP contribution < -0.4 is 0 Å². The van der Waals surface area contributed by atoms with Gasteiger partial charge in [0.25, 0.3) is 0 Å². The van der Waals surface area contributed by atoms with Crippen LogP contribution in [0, 0.1) is 5.92 Å². The van der Waals surface area contributed by atoms with Crippen molar-refractivity contribution < 1.29 is 23.9 Å². The van der Waals surface area contributed by atoms with Crippen molar-refractivity contribution in [2.45, 2.75) is 33.6 Å². The molecule has 0 fully saturated rings. The number of esters is 2. The first-order chi connectivity index (χ1) is 8.52. The lowest BCUT2D eigenvalue weighted by molar-refractivity contribution is -0.161. The number of rotatable bonds is 8. The summed E-state index contributed by atoms with van der Waals surface area (Å²) in [6, 6.07) is 0. The molecule has 0 aromatic carbocycles. The normalized spacial score (nSPS) is 10.7. The monoisotopic (exact) mass is 256 g/mol. The molecule has 0 rings (SSSR count). The van der Waals surface area contributed by atoms with Gasteiger partial charge < -0.3 is 9.47 Å². The highest BCUT2D eigenvalue weighted by molar-refractivity contribution is 5.94. The predicted molar refractivity (Wildman–Crippen MR) is 65.8 cm³/mol. The number of carbonyl (C=O) groups is 3. The predicted octanol–water partition coefficient (Wildman–Crippen LogP) is 1.65. The molecular weight excluding hydrogens is 236 g/mol. The molecule has 0 atom stereocenters. The first-order valence-corrected chi connectivity index (χ1v) is 6.03. The van der Waals surface area contributed by atoms with E-state index in [0.717, 1.165) is 0 Å². The molecule has 0 spiro atoms. The smallest absolute Gasteiger partial charge is 0.320 e. The molecule has 0 radical (unpaired) electrons. The molecule has 0 aromatic heterocycles. The zero-order valence-corrected chi connectivity index (χ0v) is 11.1. The number of carbonyl (C=O) groups excluding carboxylic acids is 3. The summed E-state index contributed by atoms with van der Waals surface area (Å²) in [5.41, 5.74) is 0. The molecule has 0 N–H and O–H groups in total. The van der Waals surface area contributed by atoms with E-state index in [2.05, 4.69) is 0 Å². The van der Waals surface area contributed by atoms with Crippen molar-refractivity contribution in [2.24, 2.45) is 5.92 Å². The SMILES string of the molecule is CCOC(=O)C(CC/C=C/C(C)=O)C(=O)OCC. The summed E-state index contributed by atoms with van der Waals surface area (Å²) in [5.74, 6) is -2.14. The highest BCUT2D eigenvalue weighted by Crippen LogP contribution is 2.12. The molecule has 0 unspecified atom stereocenters. The molecule has 0 aliphatic carbocycles. The van der Waals surface area contributed by atoms with Crippen LogP contribution in [0.25, 0.3) is 0 Å². The minimum absolute atomic E-state index is 0.0705. The number of hydrogen-bond donors (Lipinski definition) is 0. The molecule has 0 saturated heterocycles. The minimum Gasteiger partial charge on any atom is -0.465 e. The van der Waals surface area contributed by atoms with E-state index in [0.29, 0.717) is 6.42 Å². The average Bonchev–Trinajstić information content (AvgIpc) is 2.28. The number of allylic oxidation sites excluding steroid dienone is 2. The number of ketones is 1. The van der Waals surface area contributed by atoms with E-state index in [1.54, 1.807) is 19.9 Å². The Bertz CT molecular complexity index is 301. The Morgan fingerprint density at radius 1 is 1.06 bits per heavy atom. The largest absolute Gasteiger partial charge is 0.465 e. The summed E-state index contributed by atoms with van der Waals surface area (Å²) >= 11 is 0. The van der Waals surface area contributed by atoms with Crippen LogP contribution in [0.15, 0.2) is 12.2 Å². The van der Waals surface area contributed by atoms with Gasteiger partial charge in [0.05, 0.1) is 13.2 Å². The molecule has 5 heteroatoms. The van der Waals surface area contributed by atoms with E-state index in [1.165, 1.54) is 13.0 Å². The lowest BCUT2D eigenvalue weighted by Crippen LogP contribution is -2.28. The Labute approximate surface area is 107 Å². The third-order valence-electron chi connectivity index (χ3n) is 2.12. The van der Waals surface area contributed by atoms with Crippen LogP contribution in [0.3, 0.4) is 0 Å². The van der Waals surface area contributed by atoms with Crippen LogP contribution in [0.4, 0.5) is 0 Å². The first-order valence-electron chi connectivity index (χ1n) is 6.03. The van der Waals surface area contributed by atoms with Crippen LogP contribution in [0.2, 0.25) is 0 Å². The van der Waals surface area contributed by atoms with Crippen molar-refractivity contribution in [3.05, 3.63) is 12.2 Å². The Morgan fingerprint density at radius 2 is 1.56 bits per heavy atom. The highest BCUT2D eigenvalue weighted by atomic mass is 16.6. The van der Waals surface area contributed by atoms with Crippen molar-refractivity contribution in [1.82, 2.24) is 0 Å². The minimum atomic E-state index is -0.915. The van der Waals surface area contributed by atoms with Gasteiger partial charge in [-0.3, -0.25) is 14.4 Å². The summed E-state index contributed by atoms with van der Waals surface area (Å²) in [6.07, 6.45) is 3.77. The fraction of sp³-hybridized carbons (Fsp3) is 0.615. The van der Waals surface area contributed by atoms with Gasteiger partial charge in [0.2, 0.25) is 0 Å². The van der Waals surface area contributed by atoms with E-state index in [4.69, 9.17) is 9.47 Å². The maximum absolute atomic E-state index is 11.6. The molecule has 0 aliphatic rings. The number of hydrogen-bond acceptors (Lipinski definition) is 5. The topological polar surface area (TPSA) is 69.7 Å². The second-order valence-corrected chi connectivity index (χ2v) is 3.65. The Kier molecular flexibility index (Phi) is 8.53. The van der Waals surface area contributed by atoms with Gasteiger partial charge in [0.15, 0.2) is 11.7 Å². The standard InChI is InChI=1S/C13H20O5/c1-4-17-12(15)11(13(16)18-5-2)9-7-6-8-10(3)14/h6,8,11H,4-5,7,9H2,1-3H3/b8-6+. The van der Waals surface area contributed by atoms with Gasteiger partial charge in [-0.1, -0.05) is 6.08 Å². The molecular formula is C13H20O5. The van der Waals surface area contributed by atoms with Gasteiger partial charge in [0, 0.05) is 0 Å². The molecule has 0 bridgehead atoms. The number of ether oxygens (including phenoxy) is 2. The van der Waals surface area contributed by atoms with Gasteiger partial charge in [-0.05, 0) is 39.7 Å². The lowest BCUT2D eigenvalue weighted by Gasteiger charge is -2.13. The van der Waals surface area contributed by atoms with Crippen molar-refractivity contribution in [3.8, 4) is 0 Å². The summed E-state index contributed by atoms with van der Waals surface area (Å²) < 4.78 is 9.64. The van der Waals surface area contributed by atoms with Gasteiger partial charge in [-0.25, -0.2) is 0 Å². The summed E-state index contributed by atoms with van der Waals surface area (Å²) in [6.45, 7) is 5.23. The van der Waals surface area contributed by atoms with Gasteiger partial charge in [-0.2, -0.15) is 0 Å². The molecule has 0 saturated carbocycles. The van der Waals surface area contributed by atoms with Crippen LogP contribution >= 0.6 is 0 Å². The molecule has 0 aliphatic heterocycles. The quantitative estimate of drug-likeness (QED) is 0.375. The van der Waals surface area contributed by atoms with Crippen molar-refractivity contribution in [3.63, 3.8) is 0 Å². The third kappa shape index (κ3) is 6.83. The van der Waals surface area contributed by atoms with E-state index >= 15 is 0 Å². The Hall–Kier alpha value is -1.65. The van der Waals surface area contributed by atoms with E-state index < -0.39 is 17.9 Å². The van der Waals surface area contributed by atoms with Crippen LogP contribution in [0.1, 0.15) is 33.6 Å². The van der Waals surface area contributed by atoms with E-state index in [1.807, 2.05) is 0 Å². The molecule has 0 heterocycles. The second-order valence-electron chi connectivity index (χ2n) is 3.65. The van der Waals surface area contributed by atoms with Crippen molar-refractivity contribution in [1.29, 1.82) is 0 Å².